The second kappa shape index (κ2) is 10.6. The lowest BCUT2D eigenvalue weighted by atomic mass is 10.2. The zero-order valence-electron chi connectivity index (χ0n) is 18.1. The summed E-state index contributed by atoms with van der Waals surface area (Å²) in [6.45, 7) is 1.28. The molecule has 2 N–H and O–H groups in total. The van der Waals surface area contributed by atoms with E-state index >= 15 is 0 Å². The van der Waals surface area contributed by atoms with Gasteiger partial charge in [0.2, 0.25) is 10.0 Å². The van der Waals surface area contributed by atoms with Crippen LogP contribution in [0, 0.1) is 0 Å². The zero-order valence-corrected chi connectivity index (χ0v) is 19.0. The van der Waals surface area contributed by atoms with E-state index < -0.39 is 10.0 Å². The van der Waals surface area contributed by atoms with Crippen molar-refractivity contribution < 1.29 is 17.9 Å². The number of nitrogens with zero attached hydrogens (tertiary/aromatic N) is 1. The Morgan fingerprint density at radius 1 is 1.13 bits per heavy atom. The van der Waals surface area contributed by atoms with E-state index in [2.05, 4.69) is 14.9 Å². The van der Waals surface area contributed by atoms with Gasteiger partial charge >= 0.3 is 0 Å². The third-order valence-electron chi connectivity index (χ3n) is 5.55. The number of benzene rings is 2. The topological polar surface area (TPSA) is 87.7 Å². The fourth-order valence-corrected chi connectivity index (χ4v) is 5.29. The normalized spacial score (nSPS) is 14.4. The lowest BCUT2D eigenvalue weighted by molar-refractivity contribution is 0.0953. The molecule has 1 amide bonds. The number of para-hydroxylation sites is 1. The highest BCUT2D eigenvalue weighted by Crippen LogP contribution is 2.27. The van der Waals surface area contributed by atoms with Gasteiger partial charge in [-0.25, -0.2) is 13.1 Å². The quantitative estimate of drug-likeness (QED) is 0.549. The van der Waals surface area contributed by atoms with E-state index in [4.69, 9.17) is 4.74 Å². The summed E-state index contributed by atoms with van der Waals surface area (Å²) in [6, 6.07) is 14.5. The van der Waals surface area contributed by atoms with E-state index in [1.807, 2.05) is 37.4 Å². The minimum atomic E-state index is -3.77. The summed E-state index contributed by atoms with van der Waals surface area (Å²) in [6.07, 6.45) is 4.47. The van der Waals surface area contributed by atoms with Crippen molar-refractivity contribution in [3.8, 4) is 5.75 Å². The van der Waals surface area contributed by atoms with E-state index in [9.17, 15) is 13.2 Å². The third kappa shape index (κ3) is 6.21. The van der Waals surface area contributed by atoms with Gasteiger partial charge in [0, 0.05) is 37.4 Å². The molecule has 3 rings (SSSR count). The molecular formula is C23H31N3O4S. The van der Waals surface area contributed by atoms with Gasteiger partial charge in [0.25, 0.3) is 5.91 Å². The molecule has 1 saturated carbocycles. The Morgan fingerprint density at radius 3 is 2.52 bits per heavy atom. The molecule has 168 valence electrons. The van der Waals surface area contributed by atoms with Crippen molar-refractivity contribution in [1.82, 2.24) is 10.0 Å². The van der Waals surface area contributed by atoms with Crippen LogP contribution in [0.3, 0.4) is 0 Å². The predicted octanol–water partition coefficient (Wildman–Crippen LogP) is 3.17. The second-order valence-electron chi connectivity index (χ2n) is 7.83. The van der Waals surface area contributed by atoms with Gasteiger partial charge in [-0.3, -0.25) is 4.79 Å². The van der Waals surface area contributed by atoms with Gasteiger partial charge in [0.05, 0.1) is 7.11 Å². The molecule has 31 heavy (non-hydrogen) atoms. The molecule has 1 aliphatic carbocycles. The highest BCUT2D eigenvalue weighted by atomic mass is 32.2. The van der Waals surface area contributed by atoms with Gasteiger partial charge in [-0.2, -0.15) is 0 Å². The number of methoxy groups -OCH3 is 1. The molecule has 0 atom stereocenters. The Morgan fingerprint density at radius 2 is 1.84 bits per heavy atom. The van der Waals surface area contributed by atoms with E-state index in [0.29, 0.717) is 12.1 Å². The number of carbonyl (C=O) groups is 1. The summed E-state index contributed by atoms with van der Waals surface area (Å²) in [5, 5.41) is 2.87. The number of carbonyl (C=O) groups excluding carboxylic acids is 1. The fraction of sp³-hybridized carbons (Fsp3) is 0.435. The van der Waals surface area contributed by atoms with Crippen LogP contribution in [0.25, 0.3) is 0 Å². The molecule has 2 aromatic carbocycles. The molecule has 2 aromatic rings. The molecule has 1 fully saturated rings. The van der Waals surface area contributed by atoms with Crippen molar-refractivity contribution in [1.29, 1.82) is 0 Å². The maximum atomic E-state index is 12.9. The molecule has 0 saturated heterocycles. The van der Waals surface area contributed by atoms with Crippen LogP contribution in [-0.4, -0.2) is 47.6 Å². The molecule has 0 spiro atoms. The van der Waals surface area contributed by atoms with E-state index in [1.54, 1.807) is 6.07 Å². The number of sulfonamides is 1. The Kier molecular flexibility index (Phi) is 7.92. The van der Waals surface area contributed by atoms with Gasteiger partial charge in [-0.15, -0.1) is 0 Å². The molecule has 0 heterocycles. The summed E-state index contributed by atoms with van der Waals surface area (Å²) >= 11 is 0. The third-order valence-corrected chi connectivity index (χ3v) is 7.09. The SMILES string of the molecule is COc1ccc(C(=O)NCCCN(C)c2ccccc2)cc1S(=O)(=O)NC1CCCC1. The smallest absolute Gasteiger partial charge is 0.251 e. The van der Waals surface area contributed by atoms with E-state index in [0.717, 1.165) is 44.3 Å². The Balaban J connectivity index is 1.60. The molecule has 7 nitrogen and oxygen atoms in total. The van der Waals surface area contributed by atoms with Gasteiger partial charge in [-0.1, -0.05) is 31.0 Å². The standard InChI is InChI=1S/C23H31N3O4S/c1-26(20-11-4-3-5-12-20)16-8-15-24-23(27)18-13-14-21(30-2)22(17-18)31(28,29)25-19-9-6-7-10-19/h3-5,11-14,17,19,25H,6-10,15-16H2,1-2H3,(H,24,27). The van der Waals surface area contributed by atoms with Crippen LogP contribution in [0.15, 0.2) is 53.4 Å². The number of hydrogen-bond donors (Lipinski definition) is 2. The van der Waals surface area contributed by atoms with Gasteiger partial charge < -0.3 is 15.0 Å². The van der Waals surface area contributed by atoms with Crippen molar-refractivity contribution in [2.24, 2.45) is 0 Å². The summed E-state index contributed by atoms with van der Waals surface area (Å²) in [4.78, 5) is 14.7. The molecule has 0 unspecified atom stereocenters. The van der Waals surface area contributed by atoms with E-state index in [1.165, 1.54) is 19.2 Å². The molecule has 1 aliphatic rings. The van der Waals surface area contributed by atoms with Crippen molar-refractivity contribution in [3.05, 3.63) is 54.1 Å². The van der Waals surface area contributed by atoms with Crippen molar-refractivity contribution in [3.63, 3.8) is 0 Å². The molecule has 0 bridgehead atoms. The summed E-state index contributed by atoms with van der Waals surface area (Å²) in [5.74, 6) is -0.0751. The van der Waals surface area contributed by atoms with Crippen LogP contribution in [0.4, 0.5) is 5.69 Å². The maximum absolute atomic E-state index is 12.9. The average Bonchev–Trinajstić information content (AvgIpc) is 3.28. The summed E-state index contributed by atoms with van der Waals surface area (Å²) < 4.78 is 33.8. The second-order valence-corrected chi connectivity index (χ2v) is 9.52. The fourth-order valence-electron chi connectivity index (χ4n) is 3.79. The molecule has 0 aromatic heterocycles. The zero-order chi connectivity index (χ0) is 22.3. The van der Waals surface area contributed by atoms with Crippen LogP contribution in [0.2, 0.25) is 0 Å². The van der Waals surface area contributed by atoms with Crippen LogP contribution in [-0.2, 0) is 10.0 Å². The predicted molar refractivity (Wildman–Crippen MR) is 122 cm³/mol. The van der Waals surface area contributed by atoms with Gasteiger partial charge in [0.15, 0.2) is 0 Å². The first-order chi connectivity index (χ1) is 14.9. The van der Waals surface area contributed by atoms with Crippen molar-refractivity contribution in [2.45, 2.75) is 43.0 Å². The molecule has 8 heteroatoms. The number of anilines is 1. The molecular weight excluding hydrogens is 414 g/mol. The van der Waals surface area contributed by atoms with Crippen molar-refractivity contribution >= 4 is 21.6 Å². The highest BCUT2D eigenvalue weighted by molar-refractivity contribution is 7.89. The first-order valence-corrected chi connectivity index (χ1v) is 12.1. The summed E-state index contributed by atoms with van der Waals surface area (Å²) in [7, 11) is -0.339. The average molecular weight is 446 g/mol. The maximum Gasteiger partial charge on any atom is 0.251 e. The largest absolute Gasteiger partial charge is 0.495 e. The lowest BCUT2D eigenvalue weighted by Gasteiger charge is -2.19. The Hall–Kier alpha value is -2.58. The first-order valence-electron chi connectivity index (χ1n) is 10.7. The highest BCUT2D eigenvalue weighted by Gasteiger charge is 2.26. The van der Waals surface area contributed by atoms with E-state index in [-0.39, 0.29) is 22.6 Å². The number of nitrogens with one attached hydrogen (secondary N) is 2. The van der Waals surface area contributed by atoms with Crippen LogP contribution < -0.4 is 19.7 Å². The molecule has 0 aliphatic heterocycles. The number of hydrogen-bond acceptors (Lipinski definition) is 5. The molecule has 0 radical (unpaired) electrons. The summed E-state index contributed by atoms with van der Waals surface area (Å²) in [5.41, 5.74) is 1.41. The number of rotatable bonds is 10. The number of ether oxygens (including phenoxy) is 1. The lowest BCUT2D eigenvalue weighted by Crippen LogP contribution is -2.33. The first kappa shape index (κ1) is 23.1. The van der Waals surface area contributed by atoms with Crippen molar-refractivity contribution in [2.75, 3.05) is 32.1 Å². The van der Waals surface area contributed by atoms with Crippen LogP contribution in [0.1, 0.15) is 42.5 Å². The Bertz CT molecular complexity index is 974. The van der Waals surface area contributed by atoms with Gasteiger partial charge in [-0.05, 0) is 49.6 Å². The minimum Gasteiger partial charge on any atom is -0.495 e. The minimum absolute atomic E-state index is 0.00152. The van der Waals surface area contributed by atoms with Gasteiger partial charge in [0.1, 0.15) is 10.6 Å². The monoisotopic (exact) mass is 445 g/mol. The van der Waals surface area contributed by atoms with Crippen LogP contribution in [0.5, 0.6) is 5.75 Å². The number of amides is 1. The van der Waals surface area contributed by atoms with Crippen LogP contribution >= 0.6 is 0 Å². The Labute approximate surface area is 184 Å².